The van der Waals surface area contributed by atoms with E-state index in [1.165, 1.54) is 0 Å². The van der Waals surface area contributed by atoms with Crippen LogP contribution in [0.4, 0.5) is 0 Å². The molecular formula is C16H17ClN2O. The summed E-state index contributed by atoms with van der Waals surface area (Å²) in [4.78, 5) is 16.4. The Hall–Kier alpha value is -1.61. The Morgan fingerprint density at radius 3 is 3.05 bits per heavy atom. The van der Waals surface area contributed by atoms with E-state index in [0.717, 1.165) is 30.2 Å². The van der Waals surface area contributed by atoms with Crippen molar-refractivity contribution in [3.8, 4) is 0 Å². The fourth-order valence-electron chi connectivity index (χ4n) is 2.76. The van der Waals surface area contributed by atoms with Gasteiger partial charge in [0.15, 0.2) is 0 Å². The van der Waals surface area contributed by atoms with E-state index in [-0.39, 0.29) is 11.3 Å². The largest absolute Gasteiger partial charge is 0.352 e. The predicted molar refractivity (Wildman–Crippen MR) is 81.1 cm³/mol. The molecular weight excluding hydrogens is 272 g/mol. The molecule has 1 heterocycles. The Bertz CT molecular complexity index is 629. The first-order valence-corrected chi connectivity index (χ1v) is 7.43. The number of hydrogen-bond acceptors (Lipinski definition) is 2. The highest BCUT2D eigenvalue weighted by Crippen LogP contribution is 2.28. The molecule has 0 bridgehead atoms. The van der Waals surface area contributed by atoms with E-state index in [1.807, 2.05) is 30.3 Å². The zero-order chi connectivity index (χ0) is 13.9. The van der Waals surface area contributed by atoms with Crippen molar-refractivity contribution in [2.45, 2.75) is 24.6 Å². The minimum atomic E-state index is -0.0197. The van der Waals surface area contributed by atoms with Gasteiger partial charge >= 0.3 is 0 Å². The van der Waals surface area contributed by atoms with Crippen molar-refractivity contribution in [3.63, 3.8) is 0 Å². The van der Waals surface area contributed by atoms with E-state index in [9.17, 15) is 4.79 Å². The molecule has 3 nitrogen and oxygen atoms in total. The van der Waals surface area contributed by atoms with Gasteiger partial charge in [-0.1, -0.05) is 6.07 Å². The molecule has 104 valence electrons. The molecule has 1 N–H and O–H groups in total. The molecule has 0 aliphatic heterocycles. The molecule has 0 saturated heterocycles. The summed E-state index contributed by atoms with van der Waals surface area (Å²) in [7, 11) is 0. The summed E-state index contributed by atoms with van der Waals surface area (Å²) in [6.07, 6.45) is 4.92. The molecule has 1 amide bonds. The fourth-order valence-corrected chi connectivity index (χ4v) is 3.13. The Labute approximate surface area is 123 Å². The average molecular weight is 289 g/mol. The van der Waals surface area contributed by atoms with Crippen molar-refractivity contribution in [2.24, 2.45) is 5.92 Å². The van der Waals surface area contributed by atoms with Gasteiger partial charge in [-0.25, -0.2) is 0 Å². The van der Waals surface area contributed by atoms with Crippen LogP contribution < -0.4 is 5.32 Å². The first kappa shape index (κ1) is 13.4. The minimum Gasteiger partial charge on any atom is -0.352 e. The monoisotopic (exact) mass is 288 g/mol. The maximum atomic E-state index is 12.2. The Morgan fingerprint density at radius 2 is 2.25 bits per heavy atom. The third kappa shape index (κ3) is 2.93. The molecule has 1 aromatic carbocycles. The second-order valence-corrected chi connectivity index (χ2v) is 6.01. The van der Waals surface area contributed by atoms with E-state index in [1.54, 1.807) is 6.20 Å². The van der Waals surface area contributed by atoms with Crippen LogP contribution in [0.2, 0.25) is 0 Å². The van der Waals surface area contributed by atoms with Crippen LogP contribution in [0, 0.1) is 5.92 Å². The molecule has 0 spiro atoms. The van der Waals surface area contributed by atoms with Gasteiger partial charge in [-0.15, -0.1) is 11.6 Å². The van der Waals surface area contributed by atoms with E-state index in [0.29, 0.717) is 18.0 Å². The van der Waals surface area contributed by atoms with Gasteiger partial charge in [-0.05, 0) is 49.4 Å². The van der Waals surface area contributed by atoms with Crippen LogP contribution in [0.3, 0.4) is 0 Å². The molecule has 1 aliphatic carbocycles. The van der Waals surface area contributed by atoms with Gasteiger partial charge in [-0.3, -0.25) is 9.78 Å². The van der Waals surface area contributed by atoms with Crippen LogP contribution in [0.15, 0.2) is 36.5 Å². The number of benzene rings is 1. The first-order valence-electron chi connectivity index (χ1n) is 6.99. The van der Waals surface area contributed by atoms with E-state index >= 15 is 0 Å². The topological polar surface area (TPSA) is 42.0 Å². The number of hydrogen-bond donors (Lipinski definition) is 1. The van der Waals surface area contributed by atoms with Crippen LogP contribution in [0.5, 0.6) is 0 Å². The van der Waals surface area contributed by atoms with Gasteiger partial charge in [0.1, 0.15) is 0 Å². The second kappa shape index (κ2) is 5.80. The molecule has 2 atom stereocenters. The molecule has 1 fully saturated rings. The Morgan fingerprint density at radius 1 is 1.35 bits per heavy atom. The minimum absolute atomic E-state index is 0.0197. The number of aromatic nitrogens is 1. The predicted octanol–water partition coefficient (Wildman–Crippen LogP) is 3.37. The van der Waals surface area contributed by atoms with Crippen LogP contribution >= 0.6 is 11.6 Å². The van der Waals surface area contributed by atoms with Gasteiger partial charge < -0.3 is 5.32 Å². The Balaban J connectivity index is 1.66. The highest BCUT2D eigenvalue weighted by Gasteiger charge is 2.23. The van der Waals surface area contributed by atoms with Crippen LogP contribution in [0.25, 0.3) is 10.9 Å². The molecule has 2 unspecified atom stereocenters. The first-order chi connectivity index (χ1) is 9.72. The summed E-state index contributed by atoms with van der Waals surface area (Å²) < 4.78 is 0. The smallest absolute Gasteiger partial charge is 0.251 e. The van der Waals surface area contributed by atoms with Crippen molar-refractivity contribution in [3.05, 3.63) is 42.1 Å². The number of carbonyl (C=O) groups is 1. The highest BCUT2D eigenvalue weighted by atomic mass is 35.5. The summed E-state index contributed by atoms with van der Waals surface area (Å²) in [6.45, 7) is 0.715. The number of nitrogens with zero attached hydrogens (tertiary/aromatic N) is 1. The third-order valence-electron chi connectivity index (χ3n) is 3.89. The molecule has 1 aromatic heterocycles. The second-order valence-electron chi connectivity index (χ2n) is 5.40. The van der Waals surface area contributed by atoms with E-state index in [2.05, 4.69) is 10.3 Å². The SMILES string of the molecule is O=C(NCC1CCC(Cl)C1)c1ccc2ncccc2c1. The van der Waals surface area contributed by atoms with Gasteiger partial charge in [0.05, 0.1) is 5.52 Å². The lowest BCUT2D eigenvalue weighted by Crippen LogP contribution is -2.28. The van der Waals surface area contributed by atoms with Gasteiger partial charge in [0.2, 0.25) is 0 Å². The summed E-state index contributed by atoms with van der Waals surface area (Å²) in [5, 5.41) is 4.28. The summed E-state index contributed by atoms with van der Waals surface area (Å²) in [5.41, 5.74) is 1.59. The normalized spacial score (nSPS) is 22.1. The molecule has 20 heavy (non-hydrogen) atoms. The maximum Gasteiger partial charge on any atom is 0.251 e. The lowest BCUT2D eigenvalue weighted by molar-refractivity contribution is 0.0947. The summed E-state index contributed by atoms with van der Waals surface area (Å²) in [5.74, 6) is 0.498. The van der Waals surface area contributed by atoms with Crippen molar-refractivity contribution in [1.29, 1.82) is 0 Å². The third-order valence-corrected chi connectivity index (χ3v) is 4.29. The number of nitrogens with one attached hydrogen (secondary N) is 1. The van der Waals surface area contributed by atoms with Gasteiger partial charge in [0, 0.05) is 29.1 Å². The molecule has 2 aromatic rings. The van der Waals surface area contributed by atoms with Gasteiger partial charge in [-0.2, -0.15) is 0 Å². The maximum absolute atomic E-state index is 12.2. The van der Waals surface area contributed by atoms with E-state index in [4.69, 9.17) is 11.6 Å². The van der Waals surface area contributed by atoms with Gasteiger partial charge in [0.25, 0.3) is 5.91 Å². The zero-order valence-corrected chi connectivity index (χ0v) is 11.9. The fraction of sp³-hybridized carbons (Fsp3) is 0.375. The number of amides is 1. The number of rotatable bonds is 3. The van der Waals surface area contributed by atoms with Crippen LogP contribution in [0.1, 0.15) is 29.6 Å². The lowest BCUT2D eigenvalue weighted by Gasteiger charge is -2.11. The number of halogens is 1. The Kier molecular flexibility index (Phi) is 3.88. The van der Waals surface area contributed by atoms with Crippen molar-refractivity contribution >= 4 is 28.4 Å². The molecule has 1 saturated carbocycles. The number of pyridine rings is 1. The van der Waals surface area contributed by atoms with Crippen molar-refractivity contribution in [1.82, 2.24) is 10.3 Å². The van der Waals surface area contributed by atoms with Crippen LogP contribution in [-0.2, 0) is 0 Å². The standard InChI is InChI=1S/C16H17ClN2O/c17-14-5-3-11(8-14)10-19-16(20)13-4-6-15-12(9-13)2-1-7-18-15/h1-2,4,6-7,9,11,14H,3,5,8,10H2,(H,19,20). The quantitative estimate of drug-likeness (QED) is 0.880. The molecule has 4 heteroatoms. The van der Waals surface area contributed by atoms with E-state index < -0.39 is 0 Å². The summed E-state index contributed by atoms with van der Waals surface area (Å²) >= 11 is 6.08. The van der Waals surface area contributed by atoms with Crippen molar-refractivity contribution < 1.29 is 4.79 Å². The number of alkyl halides is 1. The molecule has 0 radical (unpaired) electrons. The summed E-state index contributed by atoms with van der Waals surface area (Å²) in [6, 6.07) is 9.44. The average Bonchev–Trinajstić information content (AvgIpc) is 2.90. The number of carbonyl (C=O) groups excluding carboxylic acids is 1. The lowest BCUT2D eigenvalue weighted by atomic mass is 10.1. The molecule has 3 rings (SSSR count). The molecule has 1 aliphatic rings. The number of fused-ring (bicyclic) bond motifs is 1. The van der Waals surface area contributed by atoms with Crippen molar-refractivity contribution in [2.75, 3.05) is 6.54 Å². The zero-order valence-electron chi connectivity index (χ0n) is 11.2. The highest BCUT2D eigenvalue weighted by molar-refractivity contribution is 6.20. The van der Waals surface area contributed by atoms with Crippen LogP contribution in [-0.4, -0.2) is 22.8 Å².